The van der Waals surface area contributed by atoms with Gasteiger partial charge in [-0.3, -0.25) is 14.5 Å². The molecule has 2 fully saturated rings. The van der Waals surface area contributed by atoms with Crippen molar-refractivity contribution in [2.45, 2.75) is 38.8 Å². The highest BCUT2D eigenvalue weighted by atomic mass is 16.2. The number of anilines is 1. The molecule has 168 valence electrons. The van der Waals surface area contributed by atoms with Crippen molar-refractivity contribution in [2.75, 3.05) is 31.6 Å². The van der Waals surface area contributed by atoms with Crippen LogP contribution in [0.5, 0.6) is 0 Å². The summed E-state index contributed by atoms with van der Waals surface area (Å²) in [5.41, 5.74) is 2.80. The van der Waals surface area contributed by atoms with Crippen LogP contribution in [0.2, 0.25) is 0 Å². The normalized spacial score (nSPS) is 20.6. The highest BCUT2D eigenvalue weighted by Gasteiger charge is 2.49. The maximum absolute atomic E-state index is 13.1. The van der Waals surface area contributed by atoms with Crippen molar-refractivity contribution in [3.8, 4) is 0 Å². The molecule has 0 aliphatic carbocycles. The Morgan fingerprint density at radius 2 is 1.72 bits per heavy atom. The predicted molar refractivity (Wildman–Crippen MR) is 123 cm³/mol. The number of benzene rings is 2. The van der Waals surface area contributed by atoms with E-state index in [1.165, 1.54) is 12.8 Å². The van der Waals surface area contributed by atoms with Crippen molar-refractivity contribution in [1.29, 1.82) is 0 Å². The van der Waals surface area contributed by atoms with Crippen LogP contribution in [0.4, 0.5) is 10.5 Å². The Kier molecular flexibility index (Phi) is 5.91. The molecule has 0 aromatic heterocycles. The number of urea groups is 1. The summed E-state index contributed by atoms with van der Waals surface area (Å²) in [5.74, 6) is -0.691. The van der Waals surface area contributed by atoms with Gasteiger partial charge in [0.05, 0.1) is 0 Å². The molecule has 2 saturated heterocycles. The summed E-state index contributed by atoms with van der Waals surface area (Å²) in [7, 11) is 1.71. The molecule has 2 aromatic carbocycles. The van der Waals surface area contributed by atoms with Gasteiger partial charge in [-0.05, 0) is 43.9 Å². The molecule has 7 nitrogen and oxygen atoms in total. The van der Waals surface area contributed by atoms with Gasteiger partial charge in [-0.15, -0.1) is 0 Å². The van der Waals surface area contributed by atoms with Crippen molar-refractivity contribution in [1.82, 2.24) is 15.1 Å². The number of nitrogens with one attached hydrogen (secondary N) is 1. The van der Waals surface area contributed by atoms with E-state index in [9.17, 15) is 14.4 Å². The number of aryl methyl sites for hydroxylation is 1. The number of nitrogens with zero attached hydrogens (tertiary/aromatic N) is 3. The molecule has 1 N–H and O–H groups in total. The zero-order chi connectivity index (χ0) is 22.9. The first-order valence-electron chi connectivity index (χ1n) is 11.1. The van der Waals surface area contributed by atoms with Crippen LogP contribution in [0.25, 0.3) is 0 Å². The Morgan fingerprint density at radius 3 is 2.41 bits per heavy atom. The molecule has 0 saturated carbocycles. The zero-order valence-corrected chi connectivity index (χ0v) is 18.9. The van der Waals surface area contributed by atoms with Crippen LogP contribution in [-0.2, 0) is 21.7 Å². The van der Waals surface area contributed by atoms with Gasteiger partial charge in [0.1, 0.15) is 12.1 Å². The minimum Gasteiger partial charge on any atom is -0.371 e. The summed E-state index contributed by atoms with van der Waals surface area (Å²) in [5, 5.41) is 2.77. The van der Waals surface area contributed by atoms with Crippen molar-refractivity contribution in [3.05, 3.63) is 65.2 Å². The van der Waals surface area contributed by atoms with E-state index in [2.05, 4.69) is 16.3 Å². The maximum Gasteiger partial charge on any atom is 0.325 e. The number of imide groups is 1. The second-order valence-electron chi connectivity index (χ2n) is 8.89. The molecular weight excluding hydrogens is 404 g/mol. The Morgan fingerprint density at radius 1 is 1.06 bits per heavy atom. The Labute approximate surface area is 189 Å². The van der Waals surface area contributed by atoms with Gasteiger partial charge in [0.25, 0.3) is 5.91 Å². The largest absolute Gasteiger partial charge is 0.371 e. The van der Waals surface area contributed by atoms with Crippen LogP contribution in [0.1, 0.15) is 36.5 Å². The first-order chi connectivity index (χ1) is 15.3. The molecule has 2 aliphatic rings. The van der Waals surface area contributed by atoms with E-state index in [0.29, 0.717) is 12.1 Å². The van der Waals surface area contributed by atoms with E-state index in [1.54, 1.807) is 18.9 Å². The lowest BCUT2D eigenvalue weighted by Crippen LogP contribution is -2.43. The number of hydrogen-bond donors (Lipinski definition) is 1. The summed E-state index contributed by atoms with van der Waals surface area (Å²) >= 11 is 0. The van der Waals surface area contributed by atoms with Crippen molar-refractivity contribution < 1.29 is 14.4 Å². The van der Waals surface area contributed by atoms with E-state index in [-0.39, 0.29) is 12.5 Å². The molecule has 0 spiro atoms. The van der Waals surface area contributed by atoms with Crippen LogP contribution in [0.3, 0.4) is 0 Å². The molecule has 0 unspecified atom stereocenters. The van der Waals surface area contributed by atoms with Gasteiger partial charge in [-0.1, -0.05) is 48.0 Å². The fraction of sp³-hybridized carbons (Fsp3) is 0.400. The third-order valence-corrected chi connectivity index (χ3v) is 6.47. The van der Waals surface area contributed by atoms with Gasteiger partial charge in [0.2, 0.25) is 5.91 Å². The predicted octanol–water partition coefficient (Wildman–Crippen LogP) is 3.02. The number of hydrogen-bond acceptors (Lipinski definition) is 4. The van der Waals surface area contributed by atoms with E-state index < -0.39 is 17.5 Å². The molecule has 4 rings (SSSR count). The topological polar surface area (TPSA) is 73.0 Å². The van der Waals surface area contributed by atoms with Crippen molar-refractivity contribution >= 4 is 23.5 Å². The maximum atomic E-state index is 13.1. The molecule has 2 aromatic rings. The minimum absolute atomic E-state index is 0.280. The lowest BCUT2D eigenvalue weighted by atomic mass is 9.91. The summed E-state index contributed by atoms with van der Waals surface area (Å²) in [6, 6.07) is 15.0. The van der Waals surface area contributed by atoms with Crippen LogP contribution < -0.4 is 10.2 Å². The van der Waals surface area contributed by atoms with Gasteiger partial charge < -0.3 is 15.1 Å². The molecule has 0 bridgehead atoms. The Balaban J connectivity index is 1.45. The highest BCUT2D eigenvalue weighted by Crippen LogP contribution is 2.29. The number of carbonyl (C=O) groups is 3. The van der Waals surface area contributed by atoms with E-state index >= 15 is 0 Å². The third-order valence-electron chi connectivity index (χ3n) is 6.47. The highest BCUT2D eigenvalue weighted by molar-refractivity contribution is 6.09. The average molecular weight is 435 g/mol. The molecule has 4 amide bonds. The number of amides is 4. The SMILES string of the molecule is Cc1ccc([C@@]2(C)NC(=O)N(CC(=O)N(C)Cc3ccccc3N3CCCC3)C2=O)cc1. The lowest BCUT2D eigenvalue weighted by molar-refractivity contribution is -0.138. The molecule has 1 atom stereocenters. The quantitative estimate of drug-likeness (QED) is 0.710. The summed E-state index contributed by atoms with van der Waals surface area (Å²) in [4.78, 5) is 43.6. The van der Waals surface area contributed by atoms with Crippen molar-refractivity contribution in [2.24, 2.45) is 0 Å². The average Bonchev–Trinajstić information content (AvgIpc) is 3.38. The summed E-state index contributed by atoms with van der Waals surface area (Å²) in [6.07, 6.45) is 2.35. The zero-order valence-electron chi connectivity index (χ0n) is 18.9. The summed E-state index contributed by atoms with van der Waals surface area (Å²) < 4.78 is 0. The fourth-order valence-corrected chi connectivity index (χ4v) is 4.43. The van der Waals surface area contributed by atoms with Crippen molar-refractivity contribution in [3.63, 3.8) is 0 Å². The molecule has 32 heavy (non-hydrogen) atoms. The van der Waals surface area contributed by atoms with Crippen LogP contribution >= 0.6 is 0 Å². The monoisotopic (exact) mass is 434 g/mol. The molecule has 2 heterocycles. The van der Waals surface area contributed by atoms with E-state index in [0.717, 1.165) is 34.8 Å². The smallest absolute Gasteiger partial charge is 0.325 e. The van der Waals surface area contributed by atoms with Gasteiger partial charge >= 0.3 is 6.03 Å². The number of para-hydroxylation sites is 1. The Hall–Kier alpha value is -3.35. The summed E-state index contributed by atoms with van der Waals surface area (Å²) in [6.45, 7) is 5.82. The fourth-order valence-electron chi connectivity index (χ4n) is 4.43. The molecule has 7 heteroatoms. The first kappa shape index (κ1) is 21.9. The van der Waals surface area contributed by atoms with Crippen LogP contribution in [-0.4, -0.2) is 54.3 Å². The van der Waals surface area contributed by atoms with Gasteiger partial charge in [0.15, 0.2) is 0 Å². The molecule has 2 aliphatic heterocycles. The third kappa shape index (κ3) is 4.07. The second kappa shape index (κ2) is 8.65. The van der Waals surface area contributed by atoms with Crippen LogP contribution in [0, 0.1) is 6.92 Å². The van der Waals surface area contributed by atoms with E-state index in [4.69, 9.17) is 0 Å². The number of rotatable bonds is 6. The lowest BCUT2D eigenvalue weighted by Gasteiger charge is -2.26. The van der Waals surface area contributed by atoms with Crippen LogP contribution in [0.15, 0.2) is 48.5 Å². The first-order valence-corrected chi connectivity index (χ1v) is 11.1. The molecule has 0 radical (unpaired) electrons. The Bertz CT molecular complexity index is 1030. The molecular formula is C25H30N4O3. The standard InChI is InChI=1S/C25H30N4O3/c1-18-10-12-20(13-11-18)25(2)23(31)29(24(32)26-25)17-22(30)27(3)16-19-8-4-5-9-21(19)28-14-6-7-15-28/h4-5,8-13H,6-7,14-17H2,1-3H3,(H,26,32)/t25-/m1/s1. The van der Waals surface area contributed by atoms with Gasteiger partial charge in [-0.25, -0.2) is 4.79 Å². The van der Waals surface area contributed by atoms with E-state index in [1.807, 2.05) is 49.4 Å². The minimum atomic E-state index is -1.17. The number of carbonyl (C=O) groups excluding carboxylic acids is 3. The van der Waals surface area contributed by atoms with Gasteiger partial charge in [-0.2, -0.15) is 0 Å². The van der Waals surface area contributed by atoms with Gasteiger partial charge in [0, 0.05) is 32.4 Å². The second-order valence-corrected chi connectivity index (χ2v) is 8.89. The number of likely N-dealkylation sites (N-methyl/N-ethyl adjacent to an activating group) is 1.